The van der Waals surface area contributed by atoms with Crippen LogP contribution in [0.1, 0.15) is 48.7 Å². The third-order valence-electron chi connectivity index (χ3n) is 4.75. The summed E-state index contributed by atoms with van der Waals surface area (Å²) in [6.07, 6.45) is 0.471. The smallest absolute Gasteiger partial charge is 0.258 e. The average molecular weight is 383 g/mol. The van der Waals surface area contributed by atoms with Crippen molar-refractivity contribution in [2.24, 2.45) is 0 Å². The second-order valence-corrected chi connectivity index (χ2v) is 6.60. The summed E-state index contributed by atoms with van der Waals surface area (Å²) in [4.78, 5) is 26.1. The first-order valence-electron chi connectivity index (χ1n) is 9.89. The second-order valence-electron chi connectivity index (χ2n) is 6.60. The highest BCUT2D eigenvalue weighted by molar-refractivity contribution is 5.95. The molecule has 0 unspecified atom stereocenters. The maximum atomic E-state index is 12.2. The molecule has 150 valence electrons. The SMILES string of the molecule is CCC(=O)c1ccc(OCC(=O)NCc2ccccc2CN(CC)CC)cc1. The molecule has 0 fully saturated rings. The van der Waals surface area contributed by atoms with Gasteiger partial charge in [0.15, 0.2) is 12.4 Å². The summed E-state index contributed by atoms with van der Waals surface area (Å²) in [6, 6.07) is 15.1. The van der Waals surface area contributed by atoms with E-state index in [9.17, 15) is 9.59 Å². The largest absolute Gasteiger partial charge is 0.484 e. The zero-order valence-electron chi connectivity index (χ0n) is 17.0. The van der Waals surface area contributed by atoms with Gasteiger partial charge in [0.05, 0.1) is 0 Å². The molecular weight excluding hydrogens is 352 g/mol. The Morgan fingerprint density at radius 3 is 2.18 bits per heavy atom. The third kappa shape index (κ3) is 6.50. The molecule has 0 aromatic heterocycles. The van der Waals surface area contributed by atoms with Crippen molar-refractivity contribution in [3.05, 3.63) is 65.2 Å². The van der Waals surface area contributed by atoms with Crippen LogP contribution in [-0.2, 0) is 17.9 Å². The number of Topliss-reactive ketones (excluding diaryl/α,β-unsaturated/α-hetero) is 1. The number of amides is 1. The molecule has 0 heterocycles. The minimum atomic E-state index is -0.175. The van der Waals surface area contributed by atoms with Crippen LogP contribution in [0.3, 0.4) is 0 Å². The number of hydrogen-bond donors (Lipinski definition) is 1. The number of rotatable bonds is 11. The number of ketones is 1. The van der Waals surface area contributed by atoms with Gasteiger partial charge in [-0.15, -0.1) is 0 Å². The number of ether oxygens (including phenoxy) is 1. The third-order valence-corrected chi connectivity index (χ3v) is 4.75. The van der Waals surface area contributed by atoms with E-state index in [-0.39, 0.29) is 18.3 Å². The highest BCUT2D eigenvalue weighted by Crippen LogP contribution is 2.14. The summed E-state index contributed by atoms with van der Waals surface area (Å²) in [7, 11) is 0. The Balaban J connectivity index is 1.85. The van der Waals surface area contributed by atoms with E-state index in [1.54, 1.807) is 24.3 Å². The van der Waals surface area contributed by atoms with E-state index in [1.165, 1.54) is 5.56 Å². The fourth-order valence-corrected chi connectivity index (χ4v) is 2.91. The van der Waals surface area contributed by atoms with Crippen LogP contribution in [0.5, 0.6) is 5.75 Å². The Bertz CT molecular complexity index is 768. The van der Waals surface area contributed by atoms with E-state index in [2.05, 4.69) is 30.1 Å². The van der Waals surface area contributed by atoms with E-state index >= 15 is 0 Å². The summed E-state index contributed by atoms with van der Waals surface area (Å²) in [5.74, 6) is 0.490. The Kier molecular flexibility index (Phi) is 8.69. The number of nitrogens with zero attached hydrogens (tertiary/aromatic N) is 1. The van der Waals surface area contributed by atoms with Gasteiger partial charge in [-0.25, -0.2) is 0 Å². The molecule has 0 aliphatic carbocycles. The molecule has 0 bridgehead atoms. The average Bonchev–Trinajstić information content (AvgIpc) is 2.75. The Labute approximate surface area is 167 Å². The molecule has 5 nitrogen and oxygen atoms in total. The molecule has 0 spiro atoms. The molecule has 1 amide bonds. The first-order valence-corrected chi connectivity index (χ1v) is 9.89. The van der Waals surface area contributed by atoms with E-state index in [4.69, 9.17) is 4.74 Å². The Morgan fingerprint density at radius 1 is 0.929 bits per heavy atom. The van der Waals surface area contributed by atoms with Crippen molar-refractivity contribution in [2.45, 2.75) is 40.3 Å². The van der Waals surface area contributed by atoms with Gasteiger partial charge in [-0.2, -0.15) is 0 Å². The molecule has 0 atom stereocenters. The monoisotopic (exact) mass is 382 g/mol. The van der Waals surface area contributed by atoms with E-state index < -0.39 is 0 Å². The summed E-state index contributed by atoms with van der Waals surface area (Å²) >= 11 is 0. The fraction of sp³-hybridized carbons (Fsp3) is 0.391. The first-order chi connectivity index (χ1) is 13.6. The Morgan fingerprint density at radius 2 is 1.57 bits per heavy atom. The number of benzene rings is 2. The summed E-state index contributed by atoms with van der Waals surface area (Å²) < 4.78 is 5.52. The molecule has 2 aromatic rings. The summed E-state index contributed by atoms with van der Waals surface area (Å²) in [5.41, 5.74) is 3.00. The van der Waals surface area contributed by atoms with E-state index in [1.807, 2.05) is 25.1 Å². The quantitative estimate of drug-likeness (QED) is 0.600. The van der Waals surface area contributed by atoms with Crippen molar-refractivity contribution >= 4 is 11.7 Å². The molecule has 2 aromatic carbocycles. The van der Waals surface area contributed by atoms with Crippen LogP contribution in [0, 0.1) is 0 Å². The minimum absolute atomic E-state index is 0.0563. The van der Waals surface area contributed by atoms with Crippen molar-refractivity contribution in [1.29, 1.82) is 0 Å². The zero-order valence-corrected chi connectivity index (χ0v) is 17.0. The molecule has 28 heavy (non-hydrogen) atoms. The molecular formula is C23H30N2O3. The van der Waals surface area contributed by atoms with Crippen molar-refractivity contribution in [2.75, 3.05) is 19.7 Å². The second kappa shape index (κ2) is 11.2. The molecule has 0 saturated heterocycles. The Hall–Kier alpha value is -2.66. The lowest BCUT2D eigenvalue weighted by Crippen LogP contribution is -2.29. The van der Waals surface area contributed by atoms with Gasteiger partial charge >= 0.3 is 0 Å². The van der Waals surface area contributed by atoms with Gasteiger partial charge in [0.25, 0.3) is 5.91 Å². The number of carbonyl (C=O) groups excluding carboxylic acids is 2. The zero-order chi connectivity index (χ0) is 20.4. The van der Waals surface area contributed by atoms with Crippen molar-refractivity contribution in [1.82, 2.24) is 10.2 Å². The van der Waals surface area contributed by atoms with Gasteiger partial charge in [-0.1, -0.05) is 45.0 Å². The number of hydrogen-bond acceptors (Lipinski definition) is 4. The number of nitrogens with one attached hydrogen (secondary N) is 1. The van der Waals surface area contributed by atoms with Crippen LogP contribution in [0.2, 0.25) is 0 Å². The van der Waals surface area contributed by atoms with Crippen LogP contribution in [0.4, 0.5) is 0 Å². The fourth-order valence-electron chi connectivity index (χ4n) is 2.91. The highest BCUT2D eigenvalue weighted by Gasteiger charge is 2.09. The maximum Gasteiger partial charge on any atom is 0.258 e. The lowest BCUT2D eigenvalue weighted by Gasteiger charge is -2.20. The van der Waals surface area contributed by atoms with Crippen LogP contribution in [0.15, 0.2) is 48.5 Å². The lowest BCUT2D eigenvalue weighted by atomic mass is 10.1. The number of carbonyl (C=O) groups is 2. The van der Waals surface area contributed by atoms with Crippen LogP contribution in [0.25, 0.3) is 0 Å². The first kappa shape index (κ1) is 21.6. The van der Waals surface area contributed by atoms with Gasteiger partial charge in [-0.3, -0.25) is 14.5 Å². The van der Waals surface area contributed by atoms with Crippen LogP contribution < -0.4 is 10.1 Å². The van der Waals surface area contributed by atoms with Crippen LogP contribution >= 0.6 is 0 Å². The van der Waals surface area contributed by atoms with Gasteiger partial charge in [0.2, 0.25) is 0 Å². The van der Waals surface area contributed by atoms with Crippen LogP contribution in [-0.4, -0.2) is 36.3 Å². The maximum absolute atomic E-state index is 12.2. The van der Waals surface area contributed by atoms with Crippen molar-refractivity contribution in [3.63, 3.8) is 0 Å². The van der Waals surface area contributed by atoms with Gasteiger partial charge in [-0.05, 0) is 48.5 Å². The van der Waals surface area contributed by atoms with Gasteiger partial charge in [0, 0.05) is 25.1 Å². The molecule has 0 aliphatic heterocycles. The normalized spacial score (nSPS) is 10.7. The van der Waals surface area contributed by atoms with E-state index in [0.29, 0.717) is 24.3 Å². The van der Waals surface area contributed by atoms with Crippen molar-refractivity contribution < 1.29 is 14.3 Å². The molecule has 0 saturated carbocycles. The molecule has 2 rings (SSSR count). The van der Waals surface area contributed by atoms with Gasteiger partial charge < -0.3 is 10.1 Å². The van der Waals surface area contributed by atoms with Gasteiger partial charge in [0.1, 0.15) is 5.75 Å². The molecule has 0 radical (unpaired) electrons. The molecule has 5 heteroatoms. The standard InChI is InChI=1S/C23H30N2O3/c1-4-22(26)18-11-13-21(14-12-18)28-17-23(27)24-15-19-9-7-8-10-20(19)16-25(5-2)6-3/h7-14H,4-6,15-17H2,1-3H3,(H,24,27). The topological polar surface area (TPSA) is 58.6 Å². The highest BCUT2D eigenvalue weighted by atomic mass is 16.5. The predicted octanol–water partition coefficient (Wildman–Crippen LogP) is 3.82. The minimum Gasteiger partial charge on any atom is -0.484 e. The van der Waals surface area contributed by atoms with Crippen molar-refractivity contribution in [3.8, 4) is 5.75 Å². The summed E-state index contributed by atoms with van der Waals surface area (Å²) in [6.45, 7) is 9.41. The molecule has 1 N–H and O–H groups in total. The molecule has 0 aliphatic rings. The van der Waals surface area contributed by atoms with E-state index in [0.717, 1.165) is 25.2 Å². The summed E-state index contributed by atoms with van der Waals surface area (Å²) in [5, 5.41) is 2.92. The predicted molar refractivity (Wildman–Crippen MR) is 111 cm³/mol. The lowest BCUT2D eigenvalue weighted by molar-refractivity contribution is -0.123.